The van der Waals surface area contributed by atoms with Gasteiger partial charge in [-0.1, -0.05) is 60.7 Å². The summed E-state index contributed by atoms with van der Waals surface area (Å²) in [6, 6.07) is 18.4. The summed E-state index contributed by atoms with van der Waals surface area (Å²) in [5.74, 6) is 0.276. The molecule has 3 rings (SSSR count). The van der Waals surface area contributed by atoms with Gasteiger partial charge in [0.05, 0.1) is 10.2 Å². The van der Waals surface area contributed by atoms with E-state index in [2.05, 4.69) is 40.6 Å². The van der Waals surface area contributed by atoms with E-state index in [9.17, 15) is 0 Å². The van der Waals surface area contributed by atoms with Crippen LogP contribution in [0.2, 0.25) is 0 Å². The van der Waals surface area contributed by atoms with E-state index in [4.69, 9.17) is 0 Å². The van der Waals surface area contributed by atoms with Crippen molar-refractivity contribution >= 4 is 32.9 Å². The Labute approximate surface area is 122 Å². The molecule has 0 spiro atoms. The van der Waals surface area contributed by atoms with Gasteiger partial charge in [0.1, 0.15) is 0 Å². The summed E-state index contributed by atoms with van der Waals surface area (Å²) >= 11 is 1.61. The second-order valence-electron chi connectivity index (χ2n) is 4.58. The smallest absolute Gasteiger partial charge is 0.204 e. The van der Waals surface area contributed by atoms with Crippen LogP contribution < -0.4 is 5.43 Å². The van der Waals surface area contributed by atoms with Gasteiger partial charge in [0.25, 0.3) is 0 Å². The highest BCUT2D eigenvalue weighted by Gasteiger charge is 2.02. The lowest BCUT2D eigenvalue weighted by atomic mass is 10.0. The molecule has 0 bridgehead atoms. The molecule has 0 saturated heterocycles. The first-order chi connectivity index (χ1) is 9.83. The largest absolute Gasteiger partial charge is 0.253 e. The van der Waals surface area contributed by atoms with E-state index in [1.54, 1.807) is 11.3 Å². The van der Waals surface area contributed by atoms with Gasteiger partial charge in [-0.15, -0.1) is 0 Å². The predicted octanol–water partition coefficient (Wildman–Crippen LogP) is 4.50. The number of nitrogens with zero attached hydrogens (tertiary/aromatic N) is 2. The van der Waals surface area contributed by atoms with Crippen molar-refractivity contribution in [2.24, 2.45) is 5.10 Å². The third-order valence-electron chi connectivity index (χ3n) is 3.08. The van der Waals surface area contributed by atoms with Crippen LogP contribution in [0.1, 0.15) is 18.4 Å². The molecule has 0 unspecified atom stereocenters. The zero-order chi connectivity index (χ0) is 13.8. The standard InChI is InChI=1S/C16H15N3S/c1-12(13-7-3-2-4-8-13)11-17-19-16-18-14-9-5-6-10-15(14)20-16/h2-12H,1H3,(H,18,19)/b17-11-/t12-/m0/s1. The Hall–Kier alpha value is -2.20. The lowest BCUT2D eigenvalue weighted by molar-refractivity contribution is 1.04. The molecule has 0 fully saturated rings. The average Bonchev–Trinajstić information content (AvgIpc) is 2.90. The van der Waals surface area contributed by atoms with Gasteiger partial charge in [0.2, 0.25) is 5.13 Å². The highest BCUT2D eigenvalue weighted by atomic mass is 32.1. The Bertz CT molecular complexity index is 686. The third kappa shape index (κ3) is 2.86. The number of nitrogens with one attached hydrogen (secondary N) is 1. The van der Waals surface area contributed by atoms with Crippen LogP contribution in [-0.2, 0) is 0 Å². The summed E-state index contributed by atoms with van der Waals surface area (Å²) < 4.78 is 1.17. The van der Waals surface area contributed by atoms with E-state index in [0.717, 1.165) is 10.6 Å². The molecular formula is C16H15N3S. The molecule has 0 radical (unpaired) electrons. The minimum Gasteiger partial charge on any atom is -0.253 e. The molecule has 3 aromatic rings. The number of aromatic nitrogens is 1. The Kier molecular flexibility index (Phi) is 3.74. The summed E-state index contributed by atoms with van der Waals surface area (Å²) in [4.78, 5) is 4.48. The summed E-state index contributed by atoms with van der Waals surface area (Å²) in [6.07, 6.45) is 1.90. The number of rotatable bonds is 4. The van der Waals surface area contributed by atoms with Crippen molar-refractivity contribution in [3.05, 3.63) is 60.2 Å². The number of fused-ring (bicyclic) bond motifs is 1. The van der Waals surface area contributed by atoms with E-state index in [1.165, 1.54) is 10.3 Å². The Morgan fingerprint density at radius 1 is 1.10 bits per heavy atom. The first-order valence-electron chi connectivity index (χ1n) is 6.52. The summed E-state index contributed by atoms with van der Waals surface area (Å²) in [7, 11) is 0. The lowest BCUT2D eigenvalue weighted by Crippen LogP contribution is -1.97. The van der Waals surface area contributed by atoms with E-state index in [1.807, 2.05) is 42.6 Å². The Morgan fingerprint density at radius 2 is 1.85 bits per heavy atom. The van der Waals surface area contributed by atoms with Gasteiger partial charge in [-0.05, 0) is 17.7 Å². The molecule has 2 aromatic carbocycles. The van der Waals surface area contributed by atoms with Gasteiger partial charge in [-0.25, -0.2) is 4.98 Å². The van der Waals surface area contributed by atoms with Crippen molar-refractivity contribution in [2.45, 2.75) is 12.8 Å². The maximum absolute atomic E-state index is 4.48. The normalized spacial score (nSPS) is 12.8. The van der Waals surface area contributed by atoms with E-state index in [0.29, 0.717) is 0 Å². The number of para-hydroxylation sites is 1. The molecule has 100 valence electrons. The van der Waals surface area contributed by atoms with Crippen LogP contribution in [0.5, 0.6) is 0 Å². The zero-order valence-electron chi connectivity index (χ0n) is 11.2. The minimum atomic E-state index is 0.276. The fourth-order valence-electron chi connectivity index (χ4n) is 1.97. The predicted molar refractivity (Wildman–Crippen MR) is 86.6 cm³/mol. The van der Waals surface area contributed by atoms with Gasteiger partial charge < -0.3 is 0 Å². The van der Waals surface area contributed by atoms with Crippen LogP contribution in [0.25, 0.3) is 10.2 Å². The Morgan fingerprint density at radius 3 is 2.65 bits per heavy atom. The number of hydrazone groups is 1. The molecule has 3 nitrogen and oxygen atoms in total. The number of hydrogen-bond donors (Lipinski definition) is 1. The summed E-state index contributed by atoms with van der Waals surface area (Å²) in [5, 5.41) is 5.11. The number of benzene rings is 2. The van der Waals surface area contributed by atoms with Crippen LogP contribution in [0.4, 0.5) is 5.13 Å². The molecule has 1 atom stereocenters. The molecule has 0 aliphatic carbocycles. The van der Waals surface area contributed by atoms with Gasteiger partial charge in [-0.2, -0.15) is 5.10 Å². The molecule has 4 heteroatoms. The van der Waals surface area contributed by atoms with Crippen molar-refractivity contribution in [2.75, 3.05) is 5.43 Å². The van der Waals surface area contributed by atoms with Crippen LogP contribution in [0.3, 0.4) is 0 Å². The fourth-order valence-corrected chi connectivity index (χ4v) is 2.78. The zero-order valence-corrected chi connectivity index (χ0v) is 12.0. The van der Waals surface area contributed by atoms with Crippen molar-refractivity contribution in [1.82, 2.24) is 4.98 Å². The van der Waals surface area contributed by atoms with Gasteiger partial charge in [0.15, 0.2) is 0 Å². The third-order valence-corrected chi connectivity index (χ3v) is 4.02. The van der Waals surface area contributed by atoms with Crippen LogP contribution in [0, 0.1) is 0 Å². The second kappa shape index (κ2) is 5.84. The van der Waals surface area contributed by atoms with Crippen molar-refractivity contribution in [1.29, 1.82) is 0 Å². The highest BCUT2D eigenvalue weighted by Crippen LogP contribution is 2.25. The molecule has 20 heavy (non-hydrogen) atoms. The lowest BCUT2D eigenvalue weighted by Gasteiger charge is -2.04. The topological polar surface area (TPSA) is 37.3 Å². The maximum Gasteiger partial charge on any atom is 0.204 e. The molecule has 1 aromatic heterocycles. The van der Waals surface area contributed by atoms with Crippen LogP contribution in [-0.4, -0.2) is 11.2 Å². The summed E-state index contributed by atoms with van der Waals surface area (Å²) in [6.45, 7) is 2.12. The van der Waals surface area contributed by atoms with Crippen molar-refractivity contribution in [3.8, 4) is 0 Å². The molecule has 0 aliphatic heterocycles. The number of thiazole rings is 1. The van der Waals surface area contributed by atoms with Gasteiger partial charge in [0, 0.05) is 12.1 Å². The van der Waals surface area contributed by atoms with Crippen molar-refractivity contribution < 1.29 is 0 Å². The molecule has 1 N–H and O–H groups in total. The minimum absolute atomic E-state index is 0.276. The average molecular weight is 281 g/mol. The van der Waals surface area contributed by atoms with Crippen LogP contribution in [0.15, 0.2) is 59.7 Å². The first-order valence-corrected chi connectivity index (χ1v) is 7.34. The SMILES string of the molecule is C[C@@H](/C=N\Nc1nc2ccccc2s1)c1ccccc1. The summed E-state index contributed by atoms with van der Waals surface area (Å²) in [5.41, 5.74) is 5.27. The first kappa shape index (κ1) is 12.8. The quantitative estimate of drug-likeness (QED) is 0.565. The number of hydrogen-bond acceptors (Lipinski definition) is 4. The Balaban J connectivity index is 1.68. The highest BCUT2D eigenvalue weighted by molar-refractivity contribution is 7.22. The van der Waals surface area contributed by atoms with E-state index >= 15 is 0 Å². The maximum atomic E-state index is 4.48. The number of anilines is 1. The molecule has 0 aliphatic rings. The molecular weight excluding hydrogens is 266 g/mol. The van der Waals surface area contributed by atoms with E-state index in [-0.39, 0.29) is 5.92 Å². The molecule has 1 heterocycles. The van der Waals surface area contributed by atoms with Gasteiger partial charge in [-0.3, -0.25) is 5.43 Å². The van der Waals surface area contributed by atoms with Crippen molar-refractivity contribution in [3.63, 3.8) is 0 Å². The molecule has 0 saturated carbocycles. The van der Waals surface area contributed by atoms with Crippen LogP contribution >= 0.6 is 11.3 Å². The van der Waals surface area contributed by atoms with E-state index < -0.39 is 0 Å². The molecule has 0 amide bonds. The monoisotopic (exact) mass is 281 g/mol. The second-order valence-corrected chi connectivity index (χ2v) is 5.61. The fraction of sp³-hybridized carbons (Fsp3) is 0.125. The van der Waals surface area contributed by atoms with Gasteiger partial charge >= 0.3 is 0 Å².